The van der Waals surface area contributed by atoms with Crippen molar-refractivity contribution in [2.45, 2.75) is 30.7 Å². The van der Waals surface area contributed by atoms with Gasteiger partial charge in [0, 0.05) is 16.6 Å². The van der Waals surface area contributed by atoms with E-state index in [1.54, 1.807) is 12.1 Å². The van der Waals surface area contributed by atoms with Crippen LogP contribution in [0.15, 0.2) is 17.0 Å². The van der Waals surface area contributed by atoms with E-state index in [2.05, 4.69) is 5.32 Å². The molecule has 100 valence electrons. The van der Waals surface area contributed by atoms with E-state index < -0.39 is 9.84 Å². The lowest BCUT2D eigenvalue weighted by Crippen LogP contribution is -2.21. The predicted molar refractivity (Wildman–Crippen MR) is 74.2 cm³/mol. The van der Waals surface area contributed by atoms with Crippen LogP contribution in [0.3, 0.4) is 0 Å². The van der Waals surface area contributed by atoms with Crippen LogP contribution in [0.2, 0.25) is 10.0 Å². The van der Waals surface area contributed by atoms with Gasteiger partial charge in [0.2, 0.25) is 0 Å². The summed E-state index contributed by atoms with van der Waals surface area (Å²) in [5, 5.41) is 4.01. The minimum Gasteiger partial charge on any atom is -0.310 e. The molecule has 1 aliphatic heterocycles. The molecule has 18 heavy (non-hydrogen) atoms. The standard InChI is InChI=1S/C12H15Cl2NO2S/c1-2-15-10-4-3-7-18(16,17)12-9(14)6-5-8(13)11(10)12/h5-6,10,15H,2-4,7H2,1H3. The molecule has 2 rings (SSSR count). The van der Waals surface area contributed by atoms with Crippen LogP contribution in [0.4, 0.5) is 0 Å². The Labute approximate surface area is 117 Å². The first kappa shape index (κ1) is 14.1. The summed E-state index contributed by atoms with van der Waals surface area (Å²) in [6.45, 7) is 2.74. The third-order valence-electron chi connectivity index (χ3n) is 3.11. The van der Waals surface area contributed by atoms with Crippen molar-refractivity contribution < 1.29 is 8.42 Å². The molecule has 0 amide bonds. The fourth-order valence-corrected chi connectivity index (χ4v) is 4.93. The van der Waals surface area contributed by atoms with Gasteiger partial charge in [0.1, 0.15) is 0 Å². The van der Waals surface area contributed by atoms with E-state index in [0.29, 0.717) is 17.0 Å². The van der Waals surface area contributed by atoms with Gasteiger partial charge >= 0.3 is 0 Å². The molecule has 3 nitrogen and oxygen atoms in total. The van der Waals surface area contributed by atoms with Gasteiger partial charge in [-0.2, -0.15) is 0 Å². The highest BCUT2D eigenvalue weighted by molar-refractivity contribution is 7.91. The number of hydrogen-bond acceptors (Lipinski definition) is 3. The third kappa shape index (κ3) is 2.52. The number of fused-ring (bicyclic) bond motifs is 1. The number of sulfone groups is 1. The summed E-state index contributed by atoms with van der Waals surface area (Å²) >= 11 is 12.3. The van der Waals surface area contributed by atoms with E-state index >= 15 is 0 Å². The second-order valence-electron chi connectivity index (χ2n) is 4.34. The van der Waals surface area contributed by atoms with Crippen molar-refractivity contribution in [3.05, 3.63) is 27.7 Å². The molecule has 6 heteroatoms. The van der Waals surface area contributed by atoms with E-state index in [0.717, 1.165) is 13.0 Å². The zero-order valence-electron chi connectivity index (χ0n) is 10.0. The molecule has 0 bridgehead atoms. The molecule has 0 aromatic heterocycles. The Bertz CT molecular complexity index is 557. The molecule has 0 fully saturated rings. The van der Waals surface area contributed by atoms with Crippen LogP contribution in [0.1, 0.15) is 31.4 Å². The Morgan fingerprint density at radius 2 is 2.00 bits per heavy atom. The number of nitrogens with one attached hydrogen (secondary N) is 1. The molecule has 1 N–H and O–H groups in total. The first-order valence-corrected chi connectivity index (χ1v) is 8.32. The molecule has 0 saturated heterocycles. The van der Waals surface area contributed by atoms with Gasteiger partial charge in [0.15, 0.2) is 9.84 Å². The Balaban J connectivity index is 2.70. The topological polar surface area (TPSA) is 46.2 Å². The van der Waals surface area contributed by atoms with Crippen molar-refractivity contribution in [2.24, 2.45) is 0 Å². The molecule has 0 aliphatic carbocycles. The van der Waals surface area contributed by atoms with Gasteiger partial charge < -0.3 is 5.32 Å². The summed E-state index contributed by atoms with van der Waals surface area (Å²) in [4.78, 5) is 0.208. The highest BCUT2D eigenvalue weighted by atomic mass is 35.5. The number of rotatable bonds is 2. The zero-order valence-corrected chi connectivity index (χ0v) is 12.4. The fraction of sp³-hybridized carbons (Fsp3) is 0.500. The van der Waals surface area contributed by atoms with Crippen LogP contribution in [-0.4, -0.2) is 20.7 Å². The zero-order chi connectivity index (χ0) is 13.3. The first-order chi connectivity index (χ1) is 8.47. The largest absolute Gasteiger partial charge is 0.310 e. The Kier molecular flexibility index (Phi) is 4.22. The molecule has 1 atom stereocenters. The third-order valence-corrected chi connectivity index (χ3v) is 5.76. The lowest BCUT2D eigenvalue weighted by molar-refractivity contribution is 0.508. The van der Waals surface area contributed by atoms with E-state index in [9.17, 15) is 8.42 Å². The molecular formula is C12H15Cl2NO2S. The number of halogens is 2. The van der Waals surface area contributed by atoms with Gasteiger partial charge in [-0.25, -0.2) is 8.42 Å². The highest BCUT2D eigenvalue weighted by Crippen LogP contribution is 2.39. The van der Waals surface area contributed by atoms with E-state index in [1.807, 2.05) is 6.92 Å². The van der Waals surface area contributed by atoms with Crippen molar-refractivity contribution in [3.8, 4) is 0 Å². The highest BCUT2D eigenvalue weighted by Gasteiger charge is 2.31. The second kappa shape index (κ2) is 5.37. The molecule has 1 aliphatic rings. The van der Waals surface area contributed by atoms with Crippen LogP contribution in [0.25, 0.3) is 0 Å². The normalized spacial score (nSPS) is 22.3. The van der Waals surface area contributed by atoms with Gasteiger partial charge in [-0.3, -0.25) is 0 Å². The number of hydrogen-bond donors (Lipinski definition) is 1. The van der Waals surface area contributed by atoms with Crippen LogP contribution in [-0.2, 0) is 9.84 Å². The molecule has 1 aromatic carbocycles. The lowest BCUT2D eigenvalue weighted by Gasteiger charge is -2.19. The van der Waals surface area contributed by atoms with Crippen molar-refractivity contribution in [3.63, 3.8) is 0 Å². The first-order valence-electron chi connectivity index (χ1n) is 5.91. The van der Waals surface area contributed by atoms with Crippen LogP contribution < -0.4 is 5.32 Å². The van der Waals surface area contributed by atoms with Gasteiger partial charge in [0.05, 0.1) is 15.7 Å². The smallest absolute Gasteiger partial charge is 0.180 e. The summed E-state index contributed by atoms with van der Waals surface area (Å²) in [5.74, 6) is 0.127. The lowest BCUT2D eigenvalue weighted by atomic mass is 10.0. The molecular weight excluding hydrogens is 293 g/mol. The maximum absolute atomic E-state index is 12.2. The summed E-state index contributed by atoms with van der Waals surface area (Å²) in [5.41, 5.74) is 0.628. The Hall–Kier alpha value is -0.290. The molecule has 0 saturated carbocycles. The number of benzene rings is 1. The molecule has 0 spiro atoms. The molecule has 1 unspecified atom stereocenters. The summed E-state index contributed by atoms with van der Waals surface area (Å²) in [7, 11) is -3.34. The van der Waals surface area contributed by atoms with Gasteiger partial charge in [-0.1, -0.05) is 30.1 Å². The Morgan fingerprint density at radius 3 is 2.67 bits per heavy atom. The van der Waals surface area contributed by atoms with E-state index in [1.165, 1.54) is 0 Å². The van der Waals surface area contributed by atoms with Crippen LogP contribution in [0, 0.1) is 0 Å². The van der Waals surface area contributed by atoms with Crippen molar-refractivity contribution in [2.75, 3.05) is 12.3 Å². The summed E-state index contributed by atoms with van der Waals surface area (Å²) in [6.07, 6.45) is 1.36. The van der Waals surface area contributed by atoms with Crippen LogP contribution in [0.5, 0.6) is 0 Å². The maximum atomic E-state index is 12.2. The van der Waals surface area contributed by atoms with Crippen molar-refractivity contribution >= 4 is 33.0 Å². The monoisotopic (exact) mass is 307 g/mol. The minimum atomic E-state index is -3.34. The average molecular weight is 308 g/mol. The summed E-state index contributed by atoms with van der Waals surface area (Å²) in [6, 6.07) is 3.16. The summed E-state index contributed by atoms with van der Waals surface area (Å²) < 4.78 is 24.5. The minimum absolute atomic E-state index is 0.0477. The van der Waals surface area contributed by atoms with Gasteiger partial charge in [0.25, 0.3) is 0 Å². The quantitative estimate of drug-likeness (QED) is 0.912. The predicted octanol–water partition coefficient (Wildman–Crippen LogP) is 3.21. The van der Waals surface area contributed by atoms with Crippen LogP contribution >= 0.6 is 23.2 Å². The SMILES string of the molecule is CCNC1CCCS(=O)(=O)c2c(Cl)ccc(Cl)c21. The Morgan fingerprint density at radius 1 is 1.33 bits per heavy atom. The average Bonchev–Trinajstić information content (AvgIpc) is 2.42. The van der Waals surface area contributed by atoms with E-state index in [-0.39, 0.29) is 21.7 Å². The van der Waals surface area contributed by atoms with Gasteiger partial charge in [-0.15, -0.1) is 0 Å². The molecule has 0 radical (unpaired) electrons. The fourth-order valence-electron chi connectivity index (χ4n) is 2.36. The van der Waals surface area contributed by atoms with Crippen molar-refractivity contribution in [1.29, 1.82) is 0 Å². The molecule has 1 heterocycles. The second-order valence-corrected chi connectivity index (χ2v) is 7.20. The van der Waals surface area contributed by atoms with E-state index in [4.69, 9.17) is 23.2 Å². The van der Waals surface area contributed by atoms with Crippen molar-refractivity contribution in [1.82, 2.24) is 5.32 Å². The maximum Gasteiger partial charge on any atom is 0.180 e. The molecule has 1 aromatic rings. The van der Waals surface area contributed by atoms with Gasteiger partial charge in [-0.05, 0) is 31.5 Å².